The fourth-order valence-electron chi connectivity index (χ4n) is 4.46. The predicted molar refractivity (Wildman–Crippen MR) is 154 cm³/mol. The van der Waals surface area contributed by atoms with E-state index in [9.17, 15) is 9.59 Å². The average Bonchev–Trinajstić information content (AvgIpc) is 3.79. The minimum atomic E-state index is -0.725. The van der Waals surface area contributed by atoms with Crippen LogP contribution in [-0.2, 0) is 4.74 Å². The normalized spacial score (nSPS) is 11.4. The maximum atomic E-state index is 14.3. The number of thiophene rings is 1. The van der Waals surface area contributed by atoms with Crippen LogP contribution in [0, 0.1) is 0 Å². The van der Waals surface area contributed by atoms with E-state index in [4.69, 9.17) is 19.8 Å². The molecule has 196 valence electrons. The molecule has 0 aliphatic rings. The van der Waals surface area contributed by atoms with E-state index in [0.29, 0.717) is 27.6 Å². The Balaban J connectivity index is 1.57. The van der Waals surface area contributed by atoms with Gasteiger partial charge in [-0.2, -0.15) is 9.78 Å². The molecule has 0 aliphatic heterocycles. The van der Waals surface area contributed by atoms with Crippen molar-refractivity contribution in [2.75, 3.05) is 6.61 Å². The number of carbonyl (C=O) groups is 1. The molecular weight excluding hydrogens is 546 g/mol. The Morgan fingerprint density at radius 3 is 2.27 bits per heavy atom. The minimum Gasteiger partial charge on any atom is -0.460 e. The van der Waals surface area contributed by atoms with E-state index in [1.807, 2.05) is 83.6 Å². The van der Waals surface area contributed by atoms with Crippen molar-refractivity contribution in [3.05, 3.63) is 99.7 Å². The van der Waals surface area contributed by atoms with Gasteiger partial charge in [-0.25, -0.2) is 23.8 Å². The molecule has 0 N–H and O–H groups in total. The van der Waals surface area contributed by atoms with Crippen LogP contribution < -0.4 is 5.56 Å². The van der Waals surface area contributed by atoms with Crippen molar-refractivity contribution in [2.45, 2.75) is 6.92 Å². The molecule has 0 amide bonds. The van der Waals surface area contributed by atoms with E-state index in [1.165, 1.54) is 20.4 Å². The zero-order valence-electron chi connectivity index (χ0n) is 21.0. The number of carbonyl (C=O) groups excluding carboxylic acids is 1. The molecule has 5 heterocycles. The monoisotopic (exact) mass is 565 g/mol. The summed E-state index contributed by atoms with van der Waals surface area (Å²) in [5.74, 6) is -0.732. The average molecular weight is 566 g/mol. The van der Waals surface area contributed by atoms with Crippen molar-refractivity contribution in [1.82, 2.24) is 33.9 Å². The topological polar surface area (TPSA) is 109 Å². The molecule has 2 aromatic carbocycles. The van der Waals surface area contributed by atoms with Gasteiger partial charge in [0, 0.05) is 5.38 Å². The van der Waals surface area contributed by atoms with Gasteiger partial charge >= 0.3 is 5.97 Å². The fraction of sp³-hybridized carbons (Fsp3) is 0.0714. The summed E-state index contributed by atoms with van der Waals surface area (Å²) in [5, 5.41) is 13.9. The van der Waals surface area contributed by atoms with Gasteiger partial charge in [0.25, 0.3) is 5.56 Å². The number of fused-ring (bicyclic) bond motifs is 2. The van der Waals surface area contributed by atoms with Crippen LogP contribution in [0.3, 0.4) is 0 Å². The van der Waals surface area contributed by atoms with Crippen LogP contribution in [0.25, 0.3) is 49.5 Å². The number of hydrogen-bond acceptors (Lipinski definition) is 9. The summed E-state index contributed by atoms with van der Waals surface area (Å²) in [6.07, 6.45) is 0. The van der Waals surface area contributed by atoms with E-state index < -0.39 is 11.5 Å². The number of ether oxygens (including phenoxy) is 1. The number of rotatable bonds is 6. The summed E-state index contributed by atoms with van der Waals surface area (Å²) in [6.45, 7) is 1.83. The quantitative estimate of drug-likeness (QED) is 0.254. The van der Waals surface area contributed by atoms with Crippen molar-refractivity contribution in [3.8, 4) is 32.6 Å². The third kappa shape index (κ3) is 3.84. The molecule has 7 rings (SSSR count). The van der Waals surface area contributed by atoms with Gasteiger partial charge in [-0.3, -0.25) is 4.79 Å². The molecule has 12 heteroatoms. The zero-order chi connectivity index (χ0) is 27.2. The summed E-state index contributed by atoms with van der Waals surface area (Å²) >= 11 is 3.02. The number of aromatic nitrogens is 7. The molecule has 7 aromatic rings. The lowest BCUT2D eigenvalue weighted by Gasteiger charge is -2.04. The Morgan fingerprint density at radius 1 is 0.875 bits per heavy atom. The summed E-state index contributed by atoms with van der Waals surface area (Å²) in [7, 11) is 0. The van der Waals surface area contributed by atoms with Crippen molar-refractivity contribution < 1.29 is 9.53 Å². The Hall–Kier alpha value is -4.94. The Bertz CT molecular complexity index is 2060. The van der Waals surface area contributed by atoms with Crippen molar-refractivity contribution in [3.63, 3.8) is 0 Å². The van der Waals surface area contributed by atoms with Crippen LogP contribution >= 0.6 is 22.7 Å². The van der Waals surface area contributed by atoms with Crippen LogP contribution in [0.5, 0.6) is 0 Å². The molecule has 0 unspecified atom stereocenters. The van der Waals surface area contributed by atoms with Crippen LogP contribution in [-0.4, -0.2) is 46.5 Å². The Labute approximate surface area is 234 Å². The van der Waals surface area contributed by atoms with Gasteiger partial charge in [0.1, 0.15) is 16.2 Å². The second-order valence-electron chi connectivity index (χ2n) is 8.65. The third-order valence-electron chi connectivity index (χ3n) is 6.21. The lowest BCUT2D eigenvalue weighted by molar-refractivity contribution is 0.0509. The molecule has 0 bridgehead atoms. The molecule has 0 saturated heterocycles. The SMILES string of the molecule is CCOC(=O)c1nn(-c2ccccc2)c2nc3c(-c4nc(-c5cccs5)cs4)nn(-c4ccccc4)c3c(=O)n12. The van der Waals surface area contributed by atoms with Crippen molar-refractivity contribution in [1.29, 1.82) is 0 Å². The lowest BCUT2D eigenvalue weighted by Crippen LogP contribution is -2.22. The Kier molecular flexibility index (Phi) is 5.83. The highest BCUT2D eigenvalue weighted by atomic mass is 32.1. The van der Waals surface area contributed by atoms with E-state index in [1.54, 1.807) is 22.9 Å². The zero-order valence-corrected chi connectivity index (χ0v) is 22.6. The van der Waals surface area contributed by atoms with Crippen LogP contribution in [0.1, 0.15) is 17.5 Å². The van der Waals surface area contributed by atoms with Crippen LogP contribution in [0.2, 0.25) is 0 Å². The number of para-hydroxylation sites is 2. The molecule has 0 fully saturated rings. The Morgan fingerprint density at radius 2 is 1.60 bits per heavy atom. The van der Waals surface area contributed by atoms with Gasteiger partial charge in [0.05, 0.1) is 28.6 Å². The van der Waals surface area contributed by atoms with Gasteiger partial charge < -0.3 is 4.74 Å². The number of benzene rings is 2. The van der Waals surface area contributed by atoms with E-state index in [-0.39, 0.29) is 23.7 Å². The first-order chi connectivity index (χ1) is 19.6. The standard InChI is InChI=1S/C28H19N7O3S2/c1-2-38-27(37)24-32-35(18-12-7-4-8-13-18)28-30-21-22(25-29-19(16-40-25)20-14-9-15-39-20)31-34(17-10-5-3-6-11-17)23(21)26(36)33(24)28/h3-16H,2H2,1H3. The summed E-state index contributed by atoms with van der Waals surface area (Å²) in [5.41, 5.74) is 2.65. The molecule has 0 saturated carbocycles. The fourth-order valence-corrected chi connectivity index (χ4v) is 6.03. The molecule has 0 radical (unpaired) electrons. The summed E-state index contributed by atoms with van der Waals surface area (Å²) < 4.78 is 9.46. The molecular formula is C28H19N7O3S2. The number of hydrogen-bond donors (Lipinski definition) is 0. The molecule has 0 spiro atoms. The highest BCUT2D eigenvalue weighted by molar-refractivity contribution is 7.15. The first kappa shape index (κ1) is 24.1. The first-order valence-electron chi connectivity index (χ1n) is 12.4. The maximum Gasteiger partial charge on any atom is 0.376 e. The highest BCUT2D eigenvalue weighted by Crippen LogP contribution is 2.34. The largest absolute Gasteiger partial charge is 0.460 e. The molecule has 5 aromatic heterocycles. The van der Waals surface area contributed by atoms with E-state index in [0.717, 1.165) is 10.6 Å². The number of thiazole rings is 1. The number of nitrogens with zero attached hydrogens (tertiary/aromatic N) is 7. The van der Waals surface area contributed by atoms with Crippen molar-refractivity contribution >= 4 is 45.5 Å². The molecule has 0 aliphatic carbocycles. The molecule has 40 heavy (non-hydrogen) atoms. The van der Waals surface area contributed by atoms with Crippen molar-refractivity contribution in [2.24, 2.45) is 0 Å². The predicted octanol–water partition coefficient (Wildman–Crippen LogP) is 5.25. The van der Waals surface area contributed by atoms with E-state index in [2.05, 4.69) is 5.10 Å². The van der Waals surface area contributed by atoms with E-state index >= 15 is 0 Å². The second kappa shape index (κ2) is 9.67. The summed E-state index contributed by atoms with van der Waals surface area (Å²) in [6, 6.07) is 22.5. The van der Waals surface area contributed by atoms with Gasteiger partial charge in [-0.05, 0) is 42.6 Å². The minimum absolute atomic E-state index is 0.131. The maximum absolute atomic E-state index is 14.3. The smallest absolute Gasteiger partial charge is 0.376 e. The molecule has 0 atom stereocenters. The molecule has 10 nitrogen and oxygen atoms in total. The van der Waals surface area contributed by atoms with Gasteiger partial charge in [0.2, 0.25) is 11.6 Å². The number of esters is 1. The van der Waals surface area contributed by atoms with Crippen LogP contribution in [0.4, 0.5) is 0 Å². The van der Waals surface area contributed by atoms with Gasteiger partial charge in [-0.15, -0.1) is 27.8 Å². The first-order valence-corrected chi connectivity index (χ1v) is 14.1. The third-order valence-corrected chi connectivity index (χ3v) is 7.96. The van der Waals surface area contributed by atoms with Gasteiger partial charge in [0.15, 0.2) is 5.52 Å². The van der Waals surface area contributed by atoms with Crippen LogP contribution in [0.15, 0.2) is 88.4 Å². The lowest BCUT2D eigenvalue weighted by atomic mass is 10.3. The highest BCUT2D eigenvalue weighted by Gasteiger charge is 2.28. The second-order valence-corrected chi connectivity index (χ2v) is 10.5. The summed E-state index contributed by atoms with van der Waals surface area (Å²) in [4.78, 5) is 38.0. The van der Waals surface area contributed by atoms with Gasteiger partial charge in [-0.1, -0.05) is 42.5 Å².